The van der Waals surface area contributed by atoms with Gasteiger partial charge in [-0.1, -0.05) is 6.07 Å². The van der Waals surface area contributed by atoms with Crippen LogP contribution in [-0.4, -0.2) is 54.5 Å². The standard InChI is InChI=1S/C18H19NO8S/c19-9(18(25)26)6-28-17-14-12(23)4-8(20)5-13(14)27-16(15(17)24)7-1-2-10(21)11(22)3-7/h1-5,9,15-17,20-24H,6,19H2,(H,25,26)/t9?,15-,16+,17?/m0/s1. The zero-order valence-electron chi connectivity index (χ0n) is 14.4. The van der Waals surface area contributed by atoms with Crippen LogP contribution in [0.5, 0.6) is 28.7 Å². The highest BCUT2D eigenvalue weighted by atomic mass is 32.2. The molecular formula is C18H19NO8S. The number of ether oxygens (including phenoxy) is 1. The van der Waals surface area contributed by atoms with Gasteiger partial charge in [0.1, 0.15) is 29.4 Å². The number of fused-ring (bicyclic) bond motifs is 1. The van der Waals surface area contributed by atoms with Gasteiger partial charge in [-0.3, -0.25) is 4.79 Å². The zero-order chi connectivity index (χ0) is 20.6. The number of phenols is 4. The summed E-state index contributed by atoms with van der Waals surface area (Å²) in [6, 6.07) is 5.08. The Hall–Kier alpha value is -2.82. The van der Waals surface area contributed by atoms with E-state index < -0.39 is 35.2 Å². The molecule has 1 heterocycles. The molecule has 1 aliphatic rings. The number of hydrogen-bond donors (Lipinski definition) is 7. The number of carboxylic acids is 1. The first-order valence-electron chi connectivity index (χ1n) is 8.21. The highest BCUT2D eigenvalue weighted by Crippen LogP contribution is 2.52. The first kappa shape index (κ1) is 19.9. The van der Waals surface area contributed by atoms with Gasteiger partial charge in [0.05, 0.1) is 10.8 Å². The van der Waals surface area contributed by atoms with E-state index in [0.29, 0.717) is 5.56 Å². The van der Waals surface area contributed by atoms with Crippen LogP contribution < -0.4 is 10.5 Å². The molecule has 0 amide bonds. The van der Waals surface area contributed by atoms with Crippen molar-refractivity contribution in [2.75, 3.05) is 5.75 Å². The molecule has 0 spiro atoms. The minimum absolute atomic E-state index is 0.0512. The Balaban J connectivity index is 2.01. The fraction of sp³-hybridized carbons (Fsp3) is 0.278. The van der Waals surface area contributed by atoms with E-state index in [1.54, 1.807) is 0 Å². The van der Waals surface area contributed by atoms with Gasteiger partial charge in [0.25, 0.3) is 0 Å². The average molecular weight is 409 g/mol. The van der Waals surface area contributed by atoms with Gasteiger partial charge >= 0.3 is 5.97 Å². The number of aliphatic carboxylic acids is 1. The predicted octanol–water partition coefficient (Wildman–Crippen LogP) is 1.19. The third-order valence-corrected chi connectivity index (χ3v) is 5.79. The largest absolute Gasteiger partial charge is 0.508 e. The van der Waals surface area contributed by atoms with Crippen molar-refractivity contribution in [1.29, 1.82) is 0 Å². The number of carboxylic acid groups (broad SMARTS) is 1. The fourth-order valence-electron chi connectivity index (χ4n) is 2.96. The highest BCUT2D eigenvalue weighted by molar-refractivity contribution is 7.99. The lowest BCUT2D eigenvalue weighted by Gasteiger charge is -2.37. The van der Waals surface area contributed by atoms with Gasteiger partial charge in [0.15, 0.2) is 17.6 Å². The van der Waals surface area contributed by atoms with Crippen molar-refractivity contribution in [3.63, 3.8) is 0 Å². The van der Waals surface area contributed by atoms with Crippen LogP contribution in [-0.2, 0) is 4.79 Å². The van der Waals surface area contributed by atoms with E-state index in [2.05, 4.69) is 0 Å². The molecule has 0 bridgehead atoms. The van der Waals surface area contributed by atoms with Crippen LogP contribution in [0.3, 0.4) is 0 Å². The van der Waals surface area contributed by atoms with Crippen LogP contribution in [0.15, 0.2) is 30.3 Å². The van der Waals surface area contributed by atoms with Crippen molar-refractivity contribution in [3.8, 4) is 28.7 Å². The maximum Gasteiger partial charge on any atom is 0.321 e. The maximum atomic E-state index is 11.0. The summed E-state index contributed by atoms with van der Waals surface area (Å²) in [5, 5.41) is 58.3. The van der Waals surface area contributed by atoms with Gasteiger partial charge in [-0.15, -0.1) is 11.8 Å². The topological polar surface area (TPSA) is 174 Å². The van der Waals surface area contributed by atoms with E-state index in [-0.39, 0.29) is 34.3 Å². The summed E-state index contributed by atoms with van der Waals surface area (Å²) in [5.74, 6) is -2.48. The van der Waals surface area contributed by atoms with E-state index in [4.69, 9.17) is 15.6 Å². The van der Waals surface area contributed by atoms with Gasteiger partial charge in [0.2, 0.25) is 0 Å². The second-order valence-electron chi connectivity index (χ2n) is 6.35. The molecule has 4 atom stereocenters. The summed E-state index contributed by atoms with van der Waals surface area (Å²) < 4.78 is 5.75. The molecular weight excluding hydrogens is 390 g/mol. The molecule has 9 nitrogen and oxygen atoms in total. The van der Waals surface area contributed by atoms with Crippen LogP contribution >= 0.6 is 11.8 Å². The molecule has 0 aliphatic carbocycles. The van der Waals surface area contributed by atoms with Crippen LogP contribution in [0.25, 0.3) is 0 Å². The third kappa shape index (κ3) is 3.75. The Morgan fingerprint density at radius 3 is 2.46 bits per heavy atom. The summed E-state index contributed by atoms with van der Waals surface area (Å²) in [6.07, 6.45) is -2.27. The molecule has 0 radical (unpaired) electrons. The summed E-state index contributed by atoms with van der Waals surface area (Å²) in [6.45, 7) is 0. The highest BCUT2D eigenvalue weighted by Gasteiger charge is 2.41. The molecule has 2 aromatic carbocycles. The summed E-state index contributed by atoms with van der Waals surface area (Å²) in [5.41, 5.74) is 6.09. The molecule has 150 valence electrons. The molecule has 10 heteroatoms. The molecule has 3 rings (SSSR count). The molecule has 0 fully saturated rings. The number of benzene rings is 2. The van der Waals surface area contributed by atoms with E-state index in [9.17, 15) is 30.3 Å². The SMILES string of the molecule is NC(CSC1c2c(O)cc(O)cc2O[C@H](c2ccc(O)c(O)c2)[C@@H]1O)C(=O)O. The van der Waals surface area contributed by atoms with Crippen molar-refractivity contribution in [3.05, 3.63) is 41.5 Å². The first-order chi connectivity index (χ1) is 13.2. The van der Waals surface area contributed by atoms with Crippen molar-refractivity contribution in [2.45, 2.75) is 23.5 Å². The number of nitrogens with two attached hydrogens (primary N) is 1. The number of aromatic hydroxyl groups is 4. The number of phenolic OH excluding ortho intramolecular Hbond substituents is 4. The lowest BCUT2D eigenvalue weighted by atomic mass is 9.93. The van der Waals surface area contributed by atoms with Gasteiger partial charge in [-0.25, -0.2) is 0 Å². The lowest BCUT2D eigenvalue weighted by molar-refractivity contribution is -0.137. The number of hydrogen-bond acceptors (Lipinski definition) is 9. The Bertz CT molecular complexity index is 905. The Kier molecular flexibility index (Phi) is 5.45. The number of thioether (sulfide) groups is 1. The molecule has 2 aromatic rings. The van der Waals surface area contributed by atoms with Crippen molar-refractivity contribution in [1.82, 2.24) is 0 Å². The molecule has 2 unspecified atom stereocenters. The predicted molar refractivity (Wildman–Crippen MR) is 99.7 cm³/mol. The van der Waals surface area contributed by atoms with Crippen molar-refractivity contribution >= 4 is 17.7 Å². The van der Waals surface area contributed by atoms with Crippen LogP contribution in [0.1, 0.15) is 22.5 Å². The summed E-state index contributed by atoms with van der Waals surface area (Å²) in [7, 11) is 0. The minimum Gasteiger partial charge on any atom is -0.508 e. The van der Waals surface area contributed by atoms with Gasteiger partial charge in [0, 0.05) is 17.9 Å². The first-order valence-corrected chi connectivity index (χ1v) is 9.26. The van der Waals surface area contributed by atoms with Crippen LogP contribution in [0, 0.1) is 0 Å². The second kappa shape index (κ2) is 7.66. The monoisotopic (exact) mass is 409 g/mol. The number of carbonyl (C=O) groups is 1. The van der Waals surface area contributed by atoms with Gasteiger partial charge in [-0.2, -0.15) is 0 Å². The molecule has 0 saturated carbocycles. The van der Waals surface area contributed by atoms with Gasteiger partial charge < -0.3 is 41.1 Å². The van der Waals surface area contributed by atoms with E-state index in [1.165, 1.54) is 24.3 Å². The summed E-state index contributed by atoms with van der Waals surface area (Å²) in [4.78, 5) is 11.0. The summed E-state index contributed by atoms with van der Waals surface area (Å²) >= 11 is 1.02. The minimum atomic E-state index is -1.25. The molecule has 0 saturated heterocycles. The molecule has 0 aromatic heterocycles. The zero-order valence-corrected chi connectivity index (χ0v) is 15.2. The van der Waals surface area contributed by atoms with E-state index in [1.807, 2.05) is 0 Å². The number of aliphatic hydroxyl groups excluding tert-OH is 1. The molecule has 28 heavy (non-hydrogen) atoms. The number of aliphatic hydroxyl groups is 1. The smallest absolute Gasteiger partial charge is 0.321 e. The van der Waals surface area contributed by atoms with E-state index in [0.717, 1.165) is 17.8 Å². The molecule has 1 aliphatic heterocycles. The average Bonchev–Trinajstić information content (AvgIpc) is 2.62. The molecule has 8 N–H and O–H groups in total. The Morgan fingerprint density at radius 1 is 1.11 bits per heavy atom. The Morgan fingerprint density at radius 2 is 1.82 bits per heavy atom. The van der Waals surface area contributed by atoms with Crippen molar-refractivity contribution < 1.29 is 40.2 Å². The van der Waals surface area contributed by atoms with Crippen LogP contribution in [0.2, 0.25) is 0 Å². The van der Waals surface area contributed by atoms with E-state index >= 15 is 0 Å². The fourth-order valence-corrected chi connectivity index (χ4v) is 4.26. The lowest BCUT2D eigenvalue weighted by Crippen LogP contribution is -2.36. The quantitative estimate of drug-likeness (QED) is 0.355. The Labute approximate surface area is 163 Å². The number of rotatable bonds is 5. The normalized spacial score (nSPS) is 22.1. The van der Waals surface area contributed by atoms with Crippen molar-refractivity contribution in [2.24, 2.45) is 5.73 Å². The van der Waals surface area contributed by atoms with Gasteiger partial charge in [-0.05, 0) is 17.7 Å². The third-order valence-electron chi connectivity index (χ3n) is 4.36. The maximum absolute atomic E-state index is 11.0. The second-order valence-corrected chi connectivity index (χ2v) is 7.53. The van der Waals surface area contributed by atoms with Crippen LogP contribution in [0.4, 0.5) is 0 Å².